The number of allylic oxidation sites excluding steroid dienone is 2. The molecule has 9 nitrogen and oxygen atoms in total. The van der Waals surface area contributed by atoms with Gasteiger partial charge in [0, 0.05) is 35.1 Å². The molecule has 3 N–H and O–H groups in total. The number of rotatable bonds is 10. The smallest absolute Gasteiger partial charge is 0.341 e. The number of carboxylic acids is 1. The van der Waals surface area contributed by atoms with E-state index in [1.165, 1.54) is 35.8 Å². The number of carboxylic acid groups (broad SMARTS) is 1. The van der Waals surface area contributed by atoms with Crippen LogP contribution in [0, 0.1) is 11.8 Å². The first-order valence-electron chi connectivity index (χ1n) is 14.0. The second kappa shape index (κ2) is 14.0. The van der Waals surface area contributed by atoms with Gasteiger partial charge in [-0.25, -0.2) is 4.79 Å². The van der Waals surface area contributed by atoms with Crippen LogP contribution in [0.4, 0.5) is 10.7 Å². The molecule has 2 aromatic carbocycles. The number of fused-ring (bicyclic) bond motifs is 1. The van der Waals surface area contributed by atoms with Crippen LogP contribution in [0.2, 0.25) is 0 Å². The molecule has 0 saturated heterocycles. The van der Waals surface area contributed by atoms with Crippen LogP contribution in [0.15, 0.2) is 71.6 Å². The van der Waals surface area contributed by atoms with Crippen molar-refractivity contribution in [2.75, 3.05) is 30.0 Å². The lowest BCUT2D eigenvalue weighted by Gasteiger charge is -2.27. The van der Waals surface area contributed by atoms with Gasteiger partial charge in [-0.05, 0) is 48.6 Å². The number of carbonyl (C=O) groups excluding carboxylic acids is 3. The summed E-state index contributed by atoms with van der Waals surface area (Å²) < 4.78 is 5.07. The highest BCUT2D eigenvalue weighted by Crippen LogP contribution is 2.38. The predicted molar refractivity (Wildman–Crippen MR) is 167 cm³/mol. The zero-order valence-corrected chi connectivity index (χ0v) is 25.3. The first-order chi connectivity index (χ1) is 20.8. The summed E-state index contributed by atoms with van der Waals surface area (Å²) in [5.74, 6) is -3.34. The number of carbonyl (C=O) groups is 4. The average Bonchev–Trinajstić information content (AvgIpc) is 3.37. The number of anilines is 2. The molecule has 2 atom stereocenters. The van der Waals surface area contributed by atoms with E-state index in [4.69, 9.17) is 4.74 Å². The van der Waals surface area contributed by atoms with Gasteiger partial charge in [0.05, 0.1) is 30.3 Å². The third-order valence-corrected chi connectivity index (χ3v) is 9.71. The number of nitrogens with zero attached hydrogens (tertiary/aromatic N) is 1. The van der Waals surface area contributed by atoms with Gasteiger partial charge in [0.1, 0.15) is 5.00 Å². The molecule has 1 aliphatic carbocycles. The number of methoxy groups -OCH3 is 1. The molecule has 11 heteroatoms. The fraction of sp³-hybridized carbons (Fsp3) is 0.312. The lowest BCUT2D eigenvalue weighted by molar-refractivity contribution is -0.146. The van der Waals surface area contributed by atoms with Crippen molar-refractivity contribution in [3.05, 3.63) is 88.3 Å². The van der Waals surface area contributed by atoms with E-state index in [9.17, 15) is 24.3 Å². The Balaban J connectivity index is 1.21. The molecule has 3 aromatic rings. The van der Waals surface area contributed by atoms with E-state index in [1.807, 2.05) is 30.3 Å². The van der Waals surface area contributed by atoms with E-state index < -0.39 is 23.8 Å². The van der Waals surface area contributed by atoms with E-state index in [-0.39, 0.29) is 17.6 Å². The molecule has 2 aliphatic rings. The van der Waals surface area contributed by atoms with Crippen molar-refractivity contribution < 1.29 is 29.0 Å². The maximum absolute atomic E-state index is 13.0. The number of hydrogen-bond donors (Lipinski definition) is 3. The Kier molecular flexibility index (Phi) is 9.96. The summed E-state index contributed by atoms with van der Waals surface area (Å²) in [5.41, 5.74) is 3.13. The Morgan fingerprint density at radius 1 is 1.02 bits per heavy atom. The Morgan fingerprint density at radius 3 is 2.53 bits per heavy atom. The summed E-state index contributed by atoms with van der Waals surface area (Å²) in [6, 6.07) is 17.3. The molecule has 0 saturated carbocycles. The first kappa shape index (κ1) is 30.5. The molecular formula is C32H33N3O6S2. The quantitative estimate of drug-likeness (QED) is 0.156. The summed E-state index contributed by atoms with van der Waals surface area (Å²) in [6.07, 6.45) is 5.03. The standard InChI is InChI=1S/C32H33N3O6S2/c1-41-32(40)28-25-14-15-35(17-20-8-3-2-4-9-20)18-26(25)43-30(28)34-27(36)19-42-22-11-7-10-21(16-22)33-29(37)23-12-5-6-13-24(23)31(38)39/h2-11,16,23-24H,12-15,17-19H2,1H3,(H,33,37)(H,34,36)(H,38,39). The van der Waals surface area contributed by atoms with Crippen LogP contribution in [0.3, 0.4) is 0 Å². The topological polar surface area (TPSA) is 125 Å². The van der Waals surface area contributed by atoms with Gasteiger partial charge in [-0.3, -0.25) is 19.3 Å². The lowest BCUT2D eigenvalue weighted by atomic mass is 9.82. The highest BCUT2D eigenvalue weighted by molar-refractivity contribution is 8.00. The Bertz CT molecular complexity index is 1540. The van der Waals surface area contributed by atoms with Gasteiger partial charge in [-0.2, -0.15) is 0 Å². The van der Waals surface area contributed by atoms with Gasteiger partial charge < -0.3 is 20.5 Å². The van der Waals surface area contributed by atoms with Crippen molar-refractivity contribution in [1.29, 1.82) is 0 Å². The van der Waals surface area contributed by atoms with Gasteiger partial charge in [0.15, 0.2) is 0 Å². The van der Waals surface area contributed by atoms with Crippen molar-refractivity contribution in [3.8, 4) is 0 Å². The van der Waals surface area contributed by atoms with Crippen molar-refractivity contribution in [2.45, 2.75) is 37.2 Å². The molecule has 1 aromatic heterocycles. The molecule has 2 unspecified atom stereocenters. The Labute approximate surface area is 258 Å². The summed E-state index contributed by atoms with van der Waals surface area (Å²) >= 11 is 2.72. The highest BCUT2D eigenvalue weighted by atomic mass is 32.2. The highest BCUT2D eigenvalue weighted by Gasteiger charge is 2.34. The normalized spacial score (nSPS) is 18.0. The number of benzene rings is 2. The SMILES string of the molecule is COC(=O)c1c(NC(=O)CSc2cccc(NC(=O)C3CC=CCC3C(=O)O)c2)sc2c1CCN(Cc1ccccc1)C2. The fourth-order valence-electron chi connectivity index (χ4n) is 5.43. The number of esters is 1. The second-order valence-electron chi connectivity index (χ2n) is 10.5. The first-order valence-corrected chi connectivity index (χ1v) is 15.8. The Morgan fingerprint density at radius 2 is 1.79 bits per heavy atom. The van der Waals surface area contributed by atoms with Crippen LogP contribution in [0.25, 0.3) is 0 Å². The van der Waals surface area contributed by atoms with E-state index in [0.717, 1.165) is 28.4 Å². The van der Waals surface area contributed by atoms with Crippen LogP contribution in [-0.4, -0.2) is 53.2 Å². The third-order valence-electron chi connectivity index (χ3n) is 7.59. The molecular weight excluding hydrogens is 587 g/mol. The summed E-state index contributed by atoms with van der Waals surface area (Å²) in [7, 11) is 1.34. The van der Waals surface area contributed by atoms with Gasteiger partial charge in [-0.1, -0.05) is 48.6 Å². The zero-order valence-electron chi connectivity index (χ0n) is 23.7. The maximum atomic E-state index is 13.0. The minimum Gasteiger partial charge on any atom is -0.481 e. The largest absolute Gasteiger partial charge is 0.481 e. The van der Waals surface area contributed by atoms with E-state index in [0.29, 0.717) is 42.1 Å². The molecule has 0 fully saturated rings. The molecule has 0 radical (unpaired) electrons. The number of hydrogen-bond acceptors (Lipinski definition) is 8. The molecule has 0 spiro atoms. The van der Waals surface area contributed by atoms with E-state index in [2.05, 4.69) is 27.7 Å². The van der Waals surface area contributed by atoms with Crippen molar-refractivity contribution in [2.24, 2.45) is 11.8 Å². The number of amides is 2. The molecule has 2 heterocycles. The minimum atomic E-state index is -0.980. The summed E-state index contributed by atoms with van der Waals surface area (Å²) in [4.78, 5) is 54.3. The van der Waals surface area contributed by atoms with Gasteiger partial charge in [0.25, 0.3) is 0 Å². The summed E-state index contributed by atoms with van der Waals surface area (Å²) in [6.45, 7) is 2.29. The number of nitrogens with one attached hydrogen (secondary N) is 2. The molecule has 0 bridgehead atoms. The van der Waals surface area contributed by atoms with E-state index in [1.54, 1.807) is 24.3 Å². The van der Waals surface area contributed by atoms with Crippen LogP contribution < -0.4 is 10.6 Å². The van der Waals surface area contributed by atoms with Crippen LogP contribution >= 0.6 is 23.1 Å². The molecule has 5 rings (SSSR count). The molecule has 1 aliphatic heterocycles. The van der Waals surface area contributed by atoms with Crippen molar-refractivity contribution >= 4 is 57.5 Å². The van der Waals surface area contributed by atoms with E-state index >= 15 is 0 Å². The molecule has 2 amide bonds. The number of aliphatic carboxylic acids is 1. The fourth-order valence-corrected chi connectivity index (χ4v) is 7.48. The van der Waals surface area contributed by atoms with Gasteiger partial charge in [0.2, 0.25) is 11.8 Å². The van der Waals surface area contributed by atoms with Crippen LogP contribution in [-0.2, 0) is 38.6 Å². The molecule has 43 heavy (non-hydrogen) atoms. The number of thioether (sulfide) groups is 1. The maximum Gasteiger partial charge on any atom is 0.341 e. The predicted octanol–water partition coefficient (Wildman–Crippen LogP) is 5.43. The minimum absolute atomic E-state index is 0.0925. The van der Waals surface area contributed by atoms with Crippen LogP contribution in [0.1, 0.15) is 39.2 Å². The lowest BCUT2D eigenvalue weighted by Crippen LogP contribution is -2.34. The van der Waals surface area contributed by atoms with Crippen molar-refractivity contribution in [3.63, 3.8) is 0 Å². The second-order valence-corrected chi connectivity index (χ2v) is 12.6. The number of ether oxygens (including phenoxy) is 1. The van der Waals surface area contributed by atoms with Gasteiger partial charge >= 0.3 is 11.9 Å². The zero-order chi connectivity index (χ0) is 30.3. The average molecular weight is 620 g/mol. The third kappa shape index (κ3) is 7.54. The Hall–Kier alpha value is -3.93. The monoisotopic (exact) mass is 619 g/mol. The van der Waals surface area contributed by atoms with Crippen molar-refractivity contribution in [1.82, 2.24) is 4.90 Å². The van der Waals surface area contributed by atoms with Crippen LogP contribution in [0.5, 0.6) is 0 Å². The number of thiophene rings is 1. The van der Waals surface area contributed by atoms with Gasteiger partial charge in [-0.15, -0.1) is 23.1 Å². The molecule has 224 valence electrons. The summed E-state index contributed by atoms with van der Waals surface area (Å²) in [5, 5.41) is 15.8.